The van der Waals surface area contributed by atoms with E-state index in [1.807, 2.05) is 0 Å². The van der Waals surface area contributed by atoms with Crippen LogP contribution in [0.3, 0.4) is 0 Å². The highest BCUT2D eigenvalue weighted by atomic mass is 79.9. The quantitative estimate of drug-likeness (QED) is 0.766. The maximum atomic E-state index is 12.8. The molecule has 4 N–H and O–H groups in total. The van der Waals surface area contributed by atoms with Gasteiger partial charge in [-0.3, -0.25) is 9.59 Å². The number of alkyl halides is 3. The van der Waals surface area contributed by atoms with Crippen LogP contribution in [-0.2, 0) is 15.8 Å². The number of halogens is 4. The van der Waals surface area contributed by atoms with Gasteiger partial charge in [0.1, 0.15) is 0 Å². The molecule has 0 fully saturated rings. The Morgan fingerprint density at radius 2 is 1.90 bits per heavy atom. The van der Waals surface area contributed by atoms with Crippen LogP contribution in [0.1, 0.15) is 5.56 Å². The second-order valence-corrected chi connectivity index (χ2v) is 4.63. The second-order valence-electron chi connectivity index (χ2n) is 3.72. The molecule has 9 heteroatoms. The summed E-state index contributed by atoms with van der Waals surface area (Å²) in [6.07, 6.45) is -4.60. The van der Waals surface area contributed by atoms with Gasteiger partial charge in [-0.25, -0.2) is 0 Å². The van der Waals surface area contributed by atoms with E-state index in [4.69, 9.17) is 5.73 Å². The molecule has 1 aromatic carbocycles. The fourth-order valence-corrected chi connectivity index (χ4v) is 1.67. The number of anilines is 1. The molecule has 0 aromatic heterocycles. The highest BCUT2D eigenvalue weighted by Gasteiger charge is 2.34. The molecule has 0 unspecified atom stereocenters. The zero-order valence-corrected chi connectivity index (χ0v) is 11.6. The number of carbonyl (C=O) groups excluding carboxylic acids is 2. The van der Waals surface area contributed by atoms with Gasteiger partial charge in [0.05, 0.1) is 24.3 Å². The largest absolute Gasteiger partial charge is 0.418 e. The number of benzene rings is 1. The molecule has 0 atom stereocenters. The van der Waals surface area contributed by atoms with E-state index >= 15 is 0 Å². The van der Waals surface area contributed by atoms with Crippen LogP contribution in [0.5, 0.6) is 0 Å². The van der Waals surface area contributed by atoms with Crippen molar-refractivity contribution in [1.82, 2.24) is 5.32 Å². The Bertz CT molecular complexity index is 520. The molecule has 5 nitrogen and oxygen atoms in total. The van der Waals surface area contributed by atoms with Crippen LogP contribution >= 0.6 is 15.9 Å². The Balaban J connectivity index is 2.82. The summed E-state index contributed by atoms with van der Waals surface area (Å²) in [6.45, 7) is -0.761. The third-order valence-electron chi connectivity index (χ3n) is 2.19. The molecule has 0 bridgehead atoms. The average molecular weight is 354 g/mol. The van der Waals surface area contributed by atoms with E-state index in [-0.39, 0.29) is 16.7 Å². The number of nitrogens with two attached hydrogens (primary N) is 1. The van der Waals surface area contributed by atoms with Crippen LogP contribution in [0.25, 0.3) is 0 Å². The molecule has 20 heavy (non-hydrogen) atoms. The number of hydrogen-bond acceptors (Lipinski definition) is 3. The van der Waals surface area contributed by atoms with Crippen molar-refractivity contribution < 1.29 is 22.8 Å². The van der Waals surface area contributed by atoms with E-state index in [0.29, 0.717) is 0 Å². The third-order valence-corrected chi connectivity index (χ3v) is 2.69. The van der Waals surface area contributed by atoms with Gasteiger partial charge in [0.2, 0.25) is 11.8 Å². The summed E-state index contributed by atoms with van der Waals surface area (Å²) >= 11 is 2.93. The molecule has 0 saturated heterocycles. The zero-order valence-electron chi connectivity index (χ0n) is 10.1. The number of hydrogen-bond donors (Lipinski definition) is 3. The first-order chi connectivity index (χ1) is 9.24. The molecule has 0 spiro atoms. The Kier molecular flexibility index (Phi) is 5.52. The predicted octanol–water partition coefficient (Wildman–Crippen LogP) is 1.48. The normalized spacial score (nSPS) is 11.1. The van der Waals surface area contributed by atoms with Crippen molar-refractivity contribution in [3.8, 4) is 0 Å². The lowest BCUT2D eigenvalue weighted by Gasteiger charge is -2.14. The van der Waals surface area contributed by atoms with Gasteiger partial charge in [0.15, 0.2) is 0 Å². The third kappa shape index (κ3) is 4.82. The summed E-state index contributed by atoms with van der Waals surface area (Å²) < 4.78 is 38.6. The van der Waals surface area contributed by atoms with Crippen LogP contribution in [-0.4, -0.2) is 24.9 Å². The van der Waals surface area contributed by atoms with Crippen LogP contribution in [0, 0.1) is 0 Å². The summed E-state index contributed by atoms with van der Waals surface area (Å²) in [5.41, 5.74) is 3.65. The van der Waals surface area contributed by atoms with Gasteiger partial charge in [-0.15, -0.1) is 0 Å². The van der Waals surface area contributed by atoms with Gasteiger partial charge < -0.3 is 16.4 Å². The monoisotopic (exact) mass is 353 g/mol. The molecule has 0 aliphatic rings. The van der Waals surface area contributed by atoms with E-state index < -0.39 is 30.1 Å². The van der Waals surface area contributed by atoms with Crippen molar-refractivity contribution in [2.45, 2.75) is 6.18 Å². The summed E-state index contributed by atoms with van der Waals surface area (Å²) in [5.74, 6) is -1.35. The second kappa shape index (κ2) is 6.71. The van der Waals surface area contributed by atoms with Gasteiger partial charge >= 0.3 is 6.18 Å². The fraction of sp³-hybridized carbons (Fsp3) is 0.273. The lowest BCUT2D eigenvalue weighted by Crippen LogP contribution is -2.36. The highest BCUT2D eigenvalue weighted by Crippen LogP contribution is 2.36. The van der Waals surface area contributed by atoms with E-state index in [1.165, 1.54) is 6.07 Å². The van der Waals surface area contributed by atoms with Crippen LogP contribution in [0.4, 0.5) is 18.9 Å². The molecule has 0 aliphatic carbocycles. The maximum Gasteiger partial charge on any atom is 0.418 e. The summed E-state index contributed by atoms with van der Waals surface area (Å²) in [6, 6.07) is 3.34. The number of rotatable bonds is 4. The number of nitrogens with one attached hydrogen (secondary N) is 2. The van der Waals surface area contributed by atoms with Crippen molar-refractivity contribution in [2.75, 3.05) is 18.4 Å². The SMILES string of the molecule is NCC(=O)NCC(=O)Nc1ccc(Br)cc1C(F)(F)F. The van der Waals surface area contributed by atoms with Gasteiger partial charge in [-0.05, 0) is 18.2 Å². The molecule has 0 radical (unpaired) electrons. The van der Waals surface area contributed by atoms with Gasteiger partial charge in [0.25, 0.3) is 0 Å². The molecular weight excluding hydrogens is 343 g/mol. The van der Waals surface area contributed by atoms with Gasteiger partial charge in [-0.1, -0.05) is 15.9 Å². The first-order valence-electron chi connectivity index (χ1n) is 5.37. The predicted molar refractivity (Wildman–Crippen MR) is 69.8 cm³/mol. The van der Waals surface area contributed by atoms with E-state index in [1.54, 1.807) is 0 Å². The molecular formula is C11H11BrF3N3O2. The van der Waals surface area contributed by atoms with Crippen molar-refractivity contribution >= 4 is 33.4 Å². The Labute approximate surface area is 120 Å². The Morgan fingerprint density at radius 3 is 2.45 bits per heavy atom. The molecule has 1 rings (SSSR count). The number of amides is 2. The summed E-state index contributed by atoms with van der Waals surface area (Å²) in [5, 5.41) is 4.24. The Hall–Kier alpha value is -1.61. The van der Waals surface area contributed by atoms with Gasteiger partial charge in [0, 0.05) is 4.47 Å². The first-order valence-corrected chi connectivity index (χ1v) is 6.16. The van der Waals surface area contributed by atoms with E-state index in [2.05, 4.69) is 26.6 Å². The fourth-order valence-electron chi connectivity index (χ4n) is 1.31. The highest BCUT2D eigenvalue weighted by molar-refractivity contribution is 9.10. The van der Waals surface area contributed by atoms with E-state index in [9.17, 15) is 22.8 Å². The van der Waals surface area contributed by atoms with Gasteiger partial charge in [-0.2, -0.15) is 13.2 Å². The molecule has 110 valence electrons. The zero-order chi connectivity index (χ0) is 15.3. The van der Waals surface area contributed by atoms with Crippen LogP contribution in [0.2, 0.25) is 0 Å². The summed E-state index contributed by atoms with van der Waals surface area (Å²) in [4.78, 5) is 22.3. The lowest BCUT2D eigenvalue weighted by molar-refractivity contribution is -0.137. The van der Waals surface area contributed by atoms with Crippen LogP contribution in [0.15, 0.2) is 22.7 Å². The minimum Gasteiger partial charge on any atom is -0.346 e. The summed E-state index contributed by atoms with van der Waals surface area (Å²) in [7, 11) is 0. The first kappa shape index (κ1) is 16.4. The van der Waals surface area contributed by atoms with E-state index in [0.717, 1.165) is 12.1 Å². The molecule has 0 aliphatic heterocycles. The minimum absolute atomic E-state index is 0.235. The molecule has 2 amide bonds. The lowest BCUT2D eigenvalue weighted by atomic mass is 10.1. The maximum absolute atomic E-state index is 12.8. The van der Waals surface area contributed by atoms with Crippen LogP contribution < -0.4 is 16.4 Å². The number of carbonyl (C=O) groups is 2. The molecule has 0 saturated carbocycles. The molecule has 1 aromatic rings. The molecule has 0 heterocycles. The van der Waals surface area contributed by atoms with Crippen molar-refractivity contribution in [3.05, 3.63) is 28.2 Å². The standard InChI is InChI=1S/C11H11BrF3N3O2/c12-6-1-2-8(7(3-6)11(13,14)15)18-10(20)5-17-9(19)4-16/h1-3H,4-5,16H2,(H,17,19)(H,18,20). The van der Waals surface area contributed by atoms with Crippen molar-refractivity contribution in [3.63, 3.8) is 0 Å². The minimum atomic E-state index is -4.60. The van der Waals surface area contributed by atoms with Crippen molar-refractivity contribution in [2.24, 2.45) is 5.73 Å². The topological polar surface area (TPSA) is 84.2 Å². The Morgan fingerprint density at radius 1 is 1.25 bits per heavy atom. The smallest absolute Gasteiger partial charge is 0.346 e. The van der Waals surface area contributed by atoms with Crippen molar-refractivity contribution in [1.29, 1.82) is 0 Å². The average Bonchev–Trinajstić information content (AvgIpc) is 2.36.